The fraction of sp³-hybridized carbons (Fsp3) is 0.452. The lowest BCUT2D eigenvalue weighted by atomic mass is 9.98. The van der Waals surface area contributed by atoms with Crippen molar-refractivity contribution in [2.24, 2.45) is 0 Å². The number of benzene rings is 3. The molecule has 23 nitrogen and oxygen atoms in total. The Morgan fingerprint density at radius 2 is 1.12 bits per heavy atom. The number of ether oxygens (including phenoxy) is 8. The minimum Gasteiger partial charge on any atom is -0.508 e. The molecule has 7 rings (SSSR count). The number of hydrogen-bond donors (Lipinski definition) is 14. The van der Waals surface area contributed by atoms with Crippen LogP contribution >= 0.6 is 0 Å². The maximum Gasteiger partial charge on any atom is 0.330 e. The third-order valence-electron chi connectivity index (χ3n) is 11.0. The molecule has 23 heteroatoms. The van der Waals surface area contributed by atoms with Crippen LogP contribution in [-0.2, 0) is 28.5 Å². The van der Waals surface area contributed by atoms with Gasteiger partial charge >= 0.3 is 5.97 Å². The van der Waals surface area contributed by atoms with Crippen LogP contribution in [0.3, 0.4) is 0 Å². The summed E-state index contributed by atoms with van der Waals surface area (Å²) < 4.78 is 45.5. The molecule has 65 heavy (non-hydrogen) atoms. The number of aliphatic hydroxyl groups is 11. The molecule has 0 bridgehead atoms. The Kier molecular flexibility index (Phi) is 14.7. The van der Waals surface area contributed by atoms with Crippen LogP contribution in [0.4, 0.5) is 0 Å². The van der Waals surface area contributed by atoms with E-state index in [2.05, 4.69) is 0 Å². The summed E-state index contributed by atoms with van der Waals surface area (Å²) in [6, 6.07) is 11.7. The first-order chi connectivity index (χ1) is 31.0. The number of aliphatic hydroxyl groups excluding tert-OH is 11. The van der Waals surface area contributed by atoms with Crippen molar-refractivity contribution in [2.75, 3.05) is 19.8 Å². The van der Waals surface area contributed by atoms with Crippen molar-refractivity contribution in [3.05, 3.63) is 83.1 Å². The van der Waals surface area contributed by atoms with Crippen LogP contribution in [0.15, 0.2) is 66.4 Å². The normalized spacial score (nSPS) is 34.8. The highest BCUT2D eigenvalue weighted by Gasteiger charge is 2.48. The summed E-state index contributed by atoms with van der Waals surface area (Å²) >= 11 is 0. The molecule has 14 N–H and O–H groups in total. The number of rotatable bonds is 13. The summed E-state index contributed by atoms with van der Waals surface area (Å²) in [4.78, 5) is 12.9. The van der Waals surface area contributed by atoms with Crippen LogP contribution < -0.4 is 14.2 Å². The fourth-order valence-corrected chi connectivity index (χ4v) is 7.28. The van der Waals surface area contributed by atoms with Gasteiger partial charge in [0.2, 0.25) is 18.9 Å². The standard InChI is InChI=1S/C42H48O23/c43-13-26-30(49)33(52)36(55)40(63-26)60-23-11-19(46)10-22-20(23)12-25(39(59-22)17-3-5-18(45)6-4-17)62-42-38(57)35(54)32(51)28(65-42)15-58-29(48)8-2-16-1-7-21(47)24(9-16)61-41-37(56)34(53)31(50)27(14-44)64-41/h1-12,26-28,30-47,49-57H,13-15H2/b8-2+/t26-,27-,28-,30-,31-,32-,33+,34+,35+,36-,37-,38+,39?,40-,41-,42-/m1/s1. The third-order valence-corrected chi connectivity index (χ3v) is 11.0. The Morgan fingerprint density at radius 1 is 0.585 bits per heavy atom. The summed E-state index contributed by atoms with van der Waals surface area (Å²) in [5.41, 5.74) is 0.628. The Bertz CT molecular complexity index is 2180. The highest BCUT2D eigenvalue weighted by atomic mass is 16.7. The first kappa shape index (κ1) is 47.6. The number of esters is 1. The van der Waals surface area contributed by atoms with Crippen molar-refractivity contribution < 1.29 is 114 Å². The van der Waals surface area contributed by atoms with Crippen molar-refractivity contribution in [3.63, 3.8) is 0 Å². The van der Waals surface area contributed by atoms with Gasteiger partial charge in [-0.25, -0.2) is 4.79 Å². The summed E-state index contributed by atoms with van der Waals surface area (Å²) in [6.45, 7) is -2.18. The predicted octanol–water partition coefficient (Wildman–Crippen LogP) is -3.28. The molecule has 0 aromatic heterocycles. The molecule has 4 aliphatic heterocycles. The van der Waals surface area contributed by atoms with Crippen molar-refractivity contribution in [1.82, 2.24) is 0 Å². The van der Waals surface area contributed by atoms with Gasteiger partial charge < -0.3 is 109 Å². The quantitative estimate of drug-likeness (QED) is 0.0590. The summed E-state index contributed by atoms with van der Waals surface area (Å²) in [5.74, 6) is -2.60. The van der Waals surface area contributed by atoms with Crippen LogP contribution in [-0.4, -0.2) is 189 Å². The molecule has 4 aliphatic rings. The zero-order valence-electron chi connectivity index (χ0n) is 33.7. The van der Waals surface area contributed by atoms with Gasteiger partial charge in [-0.1, -0.05) is 18.2 Å². The summed E-state index contributed by atoms with van der Waals surface area (Å²) in [5, 5.41) is 144. The lowest BCUT2D eigenvalue weighted by Crippen LogP contribution is -2.60. The molecule has 3 aromatic carbocycles. The molecule has 0 amide bonds. The monoisotopic (exact) mass is 920 g/mol. The topological polar surface area (TPSA) is 374 Å². The zero-order chi connectivity index (χ0) is 46.9. The number of carbonyl (C=O) groups is 1. The molecule has 354 valence electrons. The number of carbonyl (C=O) groups excluding carboxylic acids is 1. The maximum absolute atomic E-state index is 12.9. The molecule has 4 heterocycles. The molecular weight excluding hydrogens is 872 g/mol. The smallest absolute Gasteiger partial charge is 0.330 e. The van der Waals surface area contributed by atoms with E-state index in [-0.39, 0.29) is 39.9 Å². The van der Waals surface area contributed by atoms with Gasteiger partial charge in [-0.2, -0.15) is 0 Å². The first-order valence-electron chi connectivity index (χ1n) is 20.0. The molecule has 3 fully saturated rings. The highest BCUT2D eigenvalue weighted by molar-refractivity contribution is 5.87. The lowest BCUT2D eigenvalue weighted by Gasteiger charge is -2.41. The molecule has 0 spiro atoms. The zero-order valence-corrected chi connectivity index (χ0v) is 33.7. The first-order valence-corrected chi connectivity index (χ1v) is 20.0. The van der Waals surface area contributed by atoms with E-state index in [0.717, 1.165) is 12.1 Å². The maximum atomic E-state index is 12.9. The number of phenolic OH excluding ortho intramolecular Hbond substituents is 3. The number of fused-ring (bicyclic) bond motifs is 1. The van der Waals surface area contributed by atoms with E-state index in [0.29, 0.717) is 5.56 Å². The average Bonchev–Trinajstić information content (AvgIpc) is 3.29. The van der Waals surface area contributed by atoms with Crippen molar-refractivity contribution >= 4 is 18.1 Å². The van der Waals surface area contributed by atoms with Gasteiger partial charge in [0.15, 0.2) is 17.6 Å². The Morgan fingerprint density at radius 3 is 1.71 bits per heavy atom. The SMILES string of the molecule is O=C(/C=C/c1ccc(O)c(O[C@@H]2O[C@H](CO)[C@@H](O)[C@H](O)[C@H]2O)c1)OC[C@H]1O[C@@H](OC2=Cc3c(cc(O)cc3O[C@@H]3O[C@H](CO)[C@@H](O)[C@H](O)[C@H]3O)OC2c2ccc(O)cc2)[C@@H](O)[C@@H](O)[C@@H]1O. The molecule has 0 saturated carbocycles. The molecule has 0 aliphatic carbocycles. The largest absolute Gasteiger partial charge is 0.508 e. The van der Waals surface area contributed by atoms with Gasteiger partial charge in [0.05, 0.1) is 18.8 Å². The van der Waals surface area contributed by atoms with Crippen LogP contribution in [0.5, 0.6) is 34.5 Å². The minimum atomic E-state index is -1.93. The van der Waals surface area contributed by atoms with Gasteiger partial charge in [0, 0.05) is 23.8 Å². The van der Waals surface area contributed by atoms with E-state index >= 15 is 0 Å². The number of phenols is 3. The molecule has 3 aromatic rings. The fourth-order valence-electron chi connectivity index (χ4n) is 7.28. The number of hydrogen-bond acceptors (Lipinski definition) is 23. The van der Waals surface area contributed by atoms with Gasteiger partial charge in [0.25, 0.3) is 0 Å². The Hall–Kier alpha value is -5.35. The van der Waals surface area contributed by atoms with E-state index in [1.54, 1.807) is 0 Å². The van der Waals surface area contributed by atoms with Gasteiger partial charge in [-0.05, 0) is 42.0 Å². The average molecular weight is 921 g/mol. The molecular formula is C42H48O23. The second kappa shape index (κ2) is 20.0. The third kappa shape index (κ3) is 10.2. The Balaban J connectivity index is 1.07. The summed E-state index contributed by atoms with van der Waals surface area (Å²) in [7, 11) is 0. The molecule has 0 radical (unpaired) electrons. The van der Waals surface area contributed by atoms with Gasteiger partial charge in [0.1, 0.15) is 109 Å². The molecule has 16 atom stereocenters. The van der Waals surface area contributed by atoms with Crippen molar-refractivity contribution in [2.45, 2.75) is 98.2 Å². The lowest BCUT2D eigenvalue weighted by molar-refractivity contribution is -0.294. The number of aromatic hydroxyl groups is 3. The van der Waals surface area contributed by atoms with Crippen LogP contribution in [0.25, 0.3) is 12.2 Å². The van der Waals surface area contributed by atoms with E-state index in [9.17, 15) is 76.3 Å². The second-order valence-electron chi connectivity index (χ2n) is 15.4. The minimum absolute atomic E-state index is 0.0294. The predicted molar refractivity (Wildman–Crippen MR) is 212 cm³/mol. The van der Waals surface area contributed by atoms with E-state index in [4.69, 9.17) is 37.9 Å². The van der Waals surface area contributed by atoms with Crippen molar-refractivity contribution in [3.8, 4) is 34.5 Å². The van der Waals surface area contributed by atoms with Gasteiger partial charge in [-0.15, -0.1) is 0 Å². The van der Waals surface area contributed by atoms with Crippen LogP contribution in [0.2, 0.25) is 0 Å². The van der Waals surface area contributed by atoms with E-state index in [1.807, 2.05) is 0 Å². The van der Waals surface area contributed by atoms with E-state index in [1.165, 1.54) is 60.7 Å². The Labute approximate surface area is 367 Å². The second-order valence-corrected chi connectivity index (χ2v) is 15.4. The van der Waals surface area contributed by atoms with Gasteiger partial charge in [-0.3, -0.25) is 0 Å². The van der Waals surface area contributed by atoms with Crippen LogP contribution in [0.1, 0.15) is 22.8 Å². The molecule has 1 unspecified atom stereocenters. The summed E-state index contributed by atoms with van der Waals surface area (Å²) in [6.07, 6.45) is -23.2. The van der Waals surface area contributed by atoms with Crippen LogP contribution in [0, 0.1) is 0 Å². The van der Waals surface area contributed by atoms with E-state index < -0.39 is 136 Å². The van der Waals surface area contributed by atoms with Crippen molar-refractivity contribution in [1.29, 1.82) is 0 Å². The molecule has 3 saturated heterocycles. The highest BCUT2D eigenvalue weighted by Crippen LogP contribution is 2.46.